The van der Waals surface area contributed by atoms with Crippen molar-refractivity contribution in [3.8, 4) is 5.75 Å². The van der Waals surface area contributed by atoms with Crippen LogP contribution in [0.3, 0.4) is 0 Å². The van der Waals surface area contributed by atoms with Crippen LogP contribution in [0.1, 0.15) is 39.5 Å². The summed E-state index contributed by atoms with van der Waals surface area (Å²) >= 11 is 0. The maximum atomic E-state index is 12.7. The molecule has 0 spiro atoms. The van der Waals surface area contributed by atoms with Crippen LogP contribution >= 0.6 is 0 Å². The molecule has 0 saturated carbocycles. The van der Waals surface area contributed by atoms with Crippen molar-refractivity contribution in [2.75, 3.05) is 17.2 Å². The highest BCUT2D eigenvalue weighted by atomic mass is 32.2. The number of hydrogen-bond acceptors (Lipinski definition) is 4. The molecule has 1 N–H and O–H groups in total. The van der Waals surface area contributed by atoms with Gasteiger partial charge in [0.25, 0.3) is 5.91 Å². The Labute approximate surface area is 202 Å². The SMILES string of the molecule is Cc1ccc(C)c(N(Cc2ccc(C(=O)N[C@@H](C)COc3ccccc3C)cc2)S(C)(=O)=O)c1. The molecule has 1 amide bonds. The van der Waals surface area contributed by atoms with Crippen LogP contribution in [-0.2, 0) is 16.6 Å². The number of para-hydroxylation sites is 1. The van der Waals surface area contributed by atoms with Crippen molar-refractivity contribution in [3.05, 3.63) is 94.5 Å². The number of sulfonamides is 1. The Balaban J connectivity index is 1.65. The lowest BCUT2D eigenvalue weighted by Crippen LogP contribution is -2.36. The van der Waals surface area contributed by atoms with Crippen molar-refractivity contribution in [2.24, 2.45) is 0 Å². The van der Waals surface area contributed by atoms with Crippen molar-refractivity contribution in [1.82, 2.24) is 5.32 Å². The molecule has 0 bridgehead atoms. The van der Waals surface area contributed by atoms with E-state index in [0.29, 0.717) is 17.9 Å². The summed E-state index contributed by atoms with van der Waals surface area (Å²) in [4.78, 5) is 12.7. The molecule has 0 aromatic heterocycles. The molecule has 0 fully saturated rings. The molecule has 3 rings (SSSR count). The molecule has 3 aromatic rings. The number of nitrogens with zero attached hydrogens (tertiary/aromatic N) is 1. The first-order valence-corrected chi connectivity index (χ1v) is 13.0. The highest BCUT2D eigenvalue weighted by Gasteiger charge is 2.20. The number of nitrogens with one attached hydrogen (secondary N) is 1. The third-order valence-corrected chi connectivity index (χ3v) is 6.66. The predicted molar refractivity (Wildman–Crippen MR) is 137 cm³/mol. The van der Waals surface area contributed by atoms with E-state index in [4.69, 9.17) is 4.74 Å². The summed E-state index contributed by atoms with van der Waals surface area (Å²) in [5, 5.41) is 2.94. The van der Waals surface area contributed by atoms with Crippen molar-refractivity contribution >= 4 is 21.6 Å². The maximum Gasteiger partial charge on any atom is 0.251 e. The molecule has 0 unspecified atom stereocenters. The zero-order valence-corrected chi connectivity index (χ0v) is 21.1. The van der Waals surface area contributed by atoms with Crippen LogP contribution in [-0.4, -0.2) is 33.2 Å². The number of ether oxygens (including phenoxy) is 1. The molecule has 1 atom stereocenters. The molecule has 0 aliphatic carbocycles. The van der Waals surface area contributed by atoms with Gasteiger partial charge in [0.2, 0.25) is 10.0 Å². The van der Waals surface area contributed by atoms with E-state index in [1.54, 1.807) is 24.3 Å². The first-order chi connectivity index (χ1) is 16.0. The Bertz CT molecular complexity index is 1250. The topological polar surface area (TPSA) is 75.7 Å². The van der Waals surface area contributed by atoms with Gasteiger partial charge < -0.3 is 10.1 Å². The minimum absolute atomic E-state index is 0.184. The molecule has 6 nitrogen and oxygen atoms in total. The first kappa shape index (κ1) is 25.3. The summed E-state index contributed by atoms with van der Waals surface area (Å²) in [7, 11) is -3.49. The number of hydrogen-bond donors (Lipinski definition) is 1. The number of carbonyl (C=O) groups excluding carboxylic acids is 1. The summed E-state index contributed by atoms with van der Waals surface area (Å²) in [6.45, 7) is 8.23. The molecule has 0 heterocycles. The predicted octanol–water partition coefficient (Wildman–Crippen LogP) is 4.78. The Kier molecular flexibility index (Phi) is 7.99. The van der Waals surface area contributed by atoms with Gasteiger partial charge in [0.05, 0.1) is 24.5 Å². The molecule has 34 heavy (non-hydrogen) atoms. The number of amides is 1. The van der Waals surface area contributed by atoms with E-state index >= 15 is 0 Å². The number of carbonyl (C=O) groups is 1. The maximum absolute atomic E-state index is 12.7. The minimum atomic E-state index is -3.49. The Morgan fingerprint density at radius 1 is 0.971 bits per heavy atom. The third kappa shape index (κ3) is 6.60. The smallest absolute Gasteiger partial charge is 0.251 e. The van der Waals surface area contributed by atoms with Crippen LogP contribution in [0.15, 0.2) is 66.7 Å². The first-order valence-electron chi connectivity index (χ1n) is 11.2. The molecule has 0 aliphatic rings. The fraction of sp³-hybridized carbons (Fsp3) is 0.296. The van der Waals surface area contributed by atoms with Crippen LogP contribution in [0.2, 0.25) is 0 Å². The van der Waals surface area contributed by atoms with Gasteiger partial charge in [0.1, 0.15) is 12.4 Å². The normalized spacial score (nSPS) is 12.1. The van der Waals surface area contributed by atoms with Crippen LogP contribution in [0, 0.1) is 20.8 Å². The average molecular weight is 481 g/mol. The van der Waals surface area contributed by atoms with Gasteiger partial charge in [-0.05, 0) is 74.2 Å². The number of anilines is 1. The number of rotatable bonds is 9. The highest BCUT2D eigenvalue weighted by Crippen LogP contribution is 2.26. The van der Waals surface area contributed by atoms with Crippen LogP contribution < -0.4 is 14.4 Å². The monoisotopic (exact) mass is 480 g/mol. The molecule has 3 aromatic carbocycles. The quantitative estimate of drug-likeness (QED) is 0.478. The van der Waals surface area contributed by atoms with Crippen LogP contribution in [0.4, 0.5) is 5.69 Å². The van der Waals surface area contributed by atoms with E-state index in [-0.39, 0.29) is 18.5 Å². The van der Waals surface area contributed by atoms with Gasteiger partial charge in [0.15, 0.2) is 0 Å². The van der Waals surface area contributed by atoms with Gasteiger partial charge in [-0.2, -0.15) is 0 Å². The van der Waals surface area contributed by atoms with Crippen LogP contribution in [0.25, 0.3) is 0 Å². The second-order valence-electron chi connectivity index (χ2n) is 8.71. The second kappa shape index (κ2) is 10.7. The van der Waals surface area contributed by atoms with Gasteiger partial charge >= 0.3 is 0 Å². The zero-order chi connectivity index (χ0) is 24.9. The summed E-state index contributed by atoms with van der Waals surface area (Å²) in [5.74, 6) is 0.592. The summed E-state index contributed by atoms with van der Waals surface area (Å²) in [6.07, 6.45) is 1.21. The van der Waals surface area contributed by atoms with Gasteiger partial charge in [-0.15, -0.1) is 0 Å². The Morgan fingerprint density at radius 3 is 2.29 bits per heavy atom. The third-order valence-electron chi connectivity index (χ3n) is 5.54. The van der Waals surface area contributed by atoms with Crippen molar-refractivity contribution in [2.45, 2.75) is 40.3 Å². The van der Waals surface area contributed by atoms with Gasteiger partial charge in [-0.3, -0.25) is 9.10 Å². The van der Waals surface area contributed by atoms with E-state index in [0.717, 1.165) is 28.0 Å². The molecule has 7 heteroatoms. The molecule has 0 saturated heterocycles. The zero-order valence-electron chi connectivity index (χ0n) is 20.3. The van der Waals surface area contributed by atoms with E-state index in [2.05, 4.69) is 5.32 Å². The fourth-order valence-corrected chi connectivity index (χ4v) is 4.52. The second-order valence-corrected chi connectivity index (χ2v) is 10.6. The van der Waals surface area contributed by atoms with Crippen LogP contribution in [0.5, 0.6) is 5.75 Å². The van der Waals surface area contributed by atoms with E-state index < -0.39 is 10.0 Å². The minimum Gasteiger partial charge on any atom is -0.491 e. The van der Waals surface area contributed by atoms with Gasteiger partial charge in [0, 0.05) is 5.56 Å². The van der Waals surface area contributed by atoms with E-state index in [1.165, 1.54) is 10.6 Å². The van der Waals surface area contributed by atoms with Gasteiger partial charge in [-0.25, -0.2) is 8.42 Å². The molecule has 0 aliphatic heterocycles. The Morgan fingerprint density at radius 2 is 1.65 bits per heavy atom. The molecule has 180 valence electrons. The van der Waals surface area contributed by atoms with E-state index in [1.807, 2.05) is 70.2 Å². The summed E-state index contributed by atoms with van der Waals surface area (Å²) in [5.41, 5.74) is 4.87. The molecular formula is C27H32N2O4S. The summed E-state index contributed by atoms with van der Waals surface area (Å²) in [6, 6.07) is 20.3. The van der Waals surface area contributed by atoms with Gasteiger partial charge in [-0.1, -0.05) is 42.5 Å². The lowest BCUT2D eigenvalue weighted by molar-refractivity contribution is 0.0926. The van der Waals surface area contributed by atoms with Crippen molar-refractivity contribution in [1.29, 1.82) is 0 Å². The summed E-state index contributed by atoms with van der Waals surface area (Å²) < 4.78 is 32.3. The average Bonchev–Trinajstić information content (AvgIpc) is 2.78. The standard InChI is InChI=1S/C27H32N2O4S/c1-19-10-11-20(2)25(16-19)29(34(5,31)32)17-23-12-14-24(15-13-23)27(30)28-22(4)18-33-26-9-7-6-8-21(26)3/h6-16,22H,17-18H2,1-5H3,(H,28,30)/t22-/m0/s1. The highest BCUT2D eigenvalue weighted by molar-refractivity contribution is 7.92. The number of benzene rings is 3. The Hall–Kier alpha value is -3.32. The van der Waals surface area contributed by atoms with Crippen molar-refractivity contribution < 1.29 is 17.9 Å². The lowest BCUT2D eigenvalue weighted by atomic mass is 10.1. The molecule has 0 radical (unpaired) electrons. The van der Waals surface area contributed by atoms with E-state index in [9.17, 15) is 13.2 Å². The fourth-order valence-electron chi connectivity index (χ4n) is 3.58. The lowest BCUT2D eigenvalue weighted by Gasteiger charge is -2.25. The largest absolute Gasteiger partial charge is 0.491 e. The number of aryl methyl sites for hydroxylation is 3. The van der Waals surface area contributed by atoms with Crippen molar-refractivity contribution in [3.63, 3.8) is 0 Å². The molecular weight excluding hydrogens is 448 g/mol.